The standard InChI is InChI=1S/C21H13N2O.C12H10N.Ir/c1-2-6-16(7-3-1)22-12-13-23(15-22)17-10-11-19-18-8-4-5-9-20(18)24-21(19)14-17;1-10-7-8-12(13-9-10)11-5-3-2-4-6-11;/h1-9,11-14H;2-5,7-9H,1H3;/q+1;-1;. The zero-order valence-corrected chi connectivity index (χ0v) is 23.0. The van der Waals surface area contributed by atoms with Gasteiger partial charge in [-0.3, -0.25) is 0 Å². The van der Waals surface area contributed by atoms with Gasteiger partial charge in [0.25, 0.3) is 12.4 Å². The van der Waals surface area contributed by atoms with E-state index in [-0.39, 0.29) is 20.1 Å². The van der Waals surface area contributed by atoms with Crippen LogP contribution in [0.1, 0.15) is 5.56 Å². The minimum absolute atomic E-state index is 0. The first-order valence-electron chi connectivity index (χ1n) is 12.1. The number of benzene rings is 4. The summed E-state index contributed by atoms with van der Waals surface area (Å²) in [4.78, 5) is 4.32. The molecular weight excluding hydrogens is 647 g/mol. The van der Waals surface area contributed by atoms with Gasteiger partial charge >= 0.3 is 6.01 Å². The van der Waals surface area contributed by atoms with Gasteiger partial charge in [0.05, 0.1) is 0 Å². The number of pyridine rings is 1. The number of hydrogen-bond acceptors (Lipinski definition) is 2. The van der Waals surface area contributed by atoms with E-state index in [1.807, 2.05) is 126 Å². The SMILES string of the molecule is C1=[N+](c2[c-]cc3c(c2)oc2ccccc23)C=C[N+]=1c1ccccc1.Cc1ccc(-c2[c-]cccc2)nc1.[Ir]. The Balaban J connectivity index is 0.000000179. The Morgan fingerprint density at radius 2 is 1.55 bits per heavy atom. The molecule has 185 valence electrons. The van der Waals surface area contributed by atoms with Crippen LogP contribution in [0.5, 0.6) is 0 Å². The number of rotatable bonds is 3. The van der Waals surface area contributed by atoms with Gasteiger partial charge in [0.15, 0.2) is 0 Å². The Bertz CT molecular complexity index is 1800. The summed E-state index contributed by atoms with van der Waals surface area (Å²) in [7, 11) is 0. The fourth-order valence-corrected chi connectivity index (χ4v) is 4.15. The maximum Gasteiger partial charge on any atom is 0.499 e. The molecule has 38 heavy (non-hydrogen) atoms. The van der Waals surface area contributed by atoms with E-state index in [1.165, 1.54) is 5.56 Å². The van der Waals surface area contributed by atoms with Crippen molar-refractivity contribution < 1.29 is 33.7 Å². The van der Waals surface area contributed by atoms with Gasteiger partial charge in [-0.1, -0.05) is 69.1 Å². The number of furan rings is 1. The topological polar surface area (TPSA) is 32.0 Å². The van der Waals surface area contributed by atoms with Crippen molar-refractivity contribution >= 4 is 39.3 Å². The smallest absolute Gasteiger partial charge is 0.483 e. The third kappa shape index (κ3) is 5.32. The molecular formula is C33H23IrN3O. The van der Waals surface area contributed by atoms with Crippen molar-refractivity contribution in [2.45, 2.75) is 6.92 Å². The Kier molecular flexibility index (Phi) is 7.53. The zero-order valence-electron chi connectivity index (χ0n) is 20.6. The molecule has 1 aliphatic heterocycles. The number of hydrogen-bond donors (Lipinski definition) is 0. The van der Waals surface area contributed by atoms with Gasteiger partial charge in [-0.15, -0.1) is 42.0 Å². The molecule has 0 saturated carbocycles. The van der Waals surface area contributed by atoms with Gasteiger partial charge in [-0.25, -0.2) is 0 Å². The summed E-state index contributed by atoms with van der Waals surface area (Å²) >= 11 is 0. The molecule has 4 aromatic carbocycles. The van der Waals surface area contributed by atoms with Crippen molar-refractivity contribution in [3.63, 3.8) is 0 Å². The average Bonchev–Trinajstić information content (AvgIpc) is 3.60. The van der Waals surface area contributed by atoms with Crippen LogP contribution in [0.15, 0.2) is 126 Å². The Morgan fingerprint density at radius 3 is 2.34 bits per heavy atom. The van der Waals surface area contributed by atoms with Crippen LogP contribution in [-0.2, 0) is 20.1 Å². The first-order chi connectivity index (χ1) is 18.2. The van der Waals surface area contributed by atoms with Gasteiger partial charge in [-0.2, -0.15) is 6.07 Å². The van der Waals surface area contributed by atoms with Crippen LogP contribution in [0.4, 0.5) is 11.4 Å². The van der Waals surface area contributed by atoms with Crippen LogP contribution in [0.25, 0.3) is 33.2 Å². The summed E-state index contributed by atoms with van der Waals surface area (Å²) in [5.41, 5.74) is 6.93. The van der Waals surface area contributed by atoms with Gasteiger partial charge < -0.3 is 9.40 Å². The van der Waals surface area contributed by atoms with Crippen LogP contribution in [0.2, 0.25) is 0 Å². The molecule has 0 atom stereocenters. The number of para-hydroxylation sites is 2. The van der Waals surface area contributed by atoms with Crippen molar-refractivity contribution in [3.05, 3.63) is 139 Å². The molecule has 0 unspecified atom stereocenters. The van der Waals surface area contributed by atoms with Crippen molar-refractivity contribution in [2.75, 3.05) is 0 Å². The van der Waals surface area contributed by atoms with Gasteiger partial charge in [-0.05, 0) is 29.6 Å². The summed E-state index contributed by atoms with van der Waals surface area (Å²) in [6.45, 7) is 2.03. The largest absolute Gasteiger partial charge is 0.499 e. The van der Waals surface area contributed by atoms with E-state index >= 15 is 0 Å². The zero-order chi connectivity index (χ0) is 25.0. The van der Waals surface area contributed by atoms with Gasteiger partial charge in [0.1, 0.15) is 11.3 Å². The van der Waals surface area contributed by atoms with E-state index < -0.39 is 0 Å². The quantitative estimate of drug-likeness (QED) is 0.142. The first kappa shape index (κ1) is 25.3. The van der Waals surface area contributed by atoms with Crippen LogP contribution in [0, 0.1) is 19.1 Å². The molecule has 0 N–H and O–H groups in total. The average molecular weight is 670 g/mol. The maximum atomic E-state index is 5.95. The van der Waals surface area contributed by atoms with E-state index in [4.69, 9.17) is 4.42 Å². The van der Waals surface area contributed by atoms with Crippen LogP contribution in [-0.4, -0.2) is 20.1 Å². The molecule has 2 aromatic heterocycles. The summed E-state index contributed by atoms with van der Waals surface area (Å²) in [5, 5.41) is 2.20. The fourth-order valence-electron chi connectivity index (χ4n) is 4.15. The van der Waals surface area contributed by atoms with Crippen molar-refractivity contribution in [3.8, 4) is 11.3 Å². The molecule has 0 saturated heterocycles. The summed E-state index contributed by atoms with van der Waals surface area (Å²) in [6, 6.07) is 43.9. The van der Waals surface area contributed by atoms with Crippen LogP contribution < -0.4 is 0 Å². The van der Waals surface area contributed by atoms with Gasteiger partial charge in [0, 0.05) is 44.0 Å². The molecule has 0 spiro atoms. The van der Waals surface area contributed by atoms with Crippen molar-refractivity contribution in [1.82, 2.24) is 4.98 Å². The van der Waals surface area contributed by atoms with Crippen LogP contribution in [0.3, 0.4) is 0 Å². The Morgan fingerprint density at radius 1 is 0.763 bits per heavy atom. The second-order valence-corrected chi connectivity index (χ2v) is 8.67. The van der Waals surface area contributed by atoms with Crippen LogP contribution >= 0.6 is 0 Å². The minimum Gasteiger partial charge on any atom is -0.483 e. The molecule has 0 amide bonds. The monoisotopic (exact) mass is 670 g/mol. The summed E-state index contributed by atoms with van der Waals surface area (Å²) < 4.78 is 9.82. The third-order valence-electron chi connectivity index (χ3n) is 6.07. The molecule has 1 aliphatic rings. The molecule has 6 aromatic rings. The van der Waals surface area contributed by atoms with E-state index in [2.05, 4.69) is 35.3 Å². The molecule has 3 heterocycles. The second-order valence-electron chi connectivity index (χ2n) is 8.67. The number of aromatic nitrogens is 1. The Labute approximate surface area is 234 Å². The molecule has 4 nitrogen and oxygen atoms in total. The molecule has 5 heteroatoms. The van der Waals surface area contributed by atoms with Crippen molar-refractivity contribution in [1.29, 1.82) is 0 Å². The predicted octanol–water partition coefficient (Wildman–Crippen LogP) is 7.89. The molecule has 0 bridgehead atoms. The number of aryl methyl sites for hydroxylation is 1. The number of fused-ring (bicyclic) bond motifs is 3. The summed E-state index contributed by atoms with van der Waals surface area (Å²) in [6.07, 6.45) is 5.81. The normalized spacial score (nSPS) is 11.9. The molecule has 0 aliphatic carbocycles. The second kappa shape index (κ2) is 11.3. The summed E-state index contributed by atoms with van der Waals surface area (Å²) in [5.74, 6) is 0. The fraction of sp³-hybridized carbons (Fsp3) is 0.0303. The van der Waals surface area contributed by atoms with E-state index in [1.54, 1.807) is 0 Å². The predicted molar refractivity (Wildman–Crippen MR) is 146 cm³/mol. The molecule has 1 radical (unpaired) electrons. The van der Waals surface area contributed by atoms with Crippen molar-refractivity contribution in [2.24, 2.45) is 0 Å². The maximum absolute atomic E-state index is 5.95. The van der Waals surface area contributed by atoms with E-state index in [0.717, 1.165) is 44.6 Å². The number of nitrogens with zero attached hydrogens (tertiary/aromatic N) is 3. The molecule has 7 rings (SSSR count). The third-order valence-corrected chi connectivity index (χ3v) is 6.07. The van der Waals surface area contributed by atoms with E-state index in [9.17, 15) is 0 Å². The van der Waals surface area contributed by atoms with E-state index in [0.29, 0.717) is 0 Å². The Hall–Kier alpha value is -4.40. The minimum atomic E-state index is 0. The van der Waals surface area contributed by atoms with Gasteiger partial charge in [0.2, 0.25) is 5.69 Å². The first-order valence-corrected chi connectivity index (χ1v) is 12.1. The molecule has 0 fully saturated rings.